The molecule has 0 atom stereocenters. The standard InChI is InChI=1S/C15H21N3O/c1-16-11-12-5-6-14-13(10-12)7-9-18(14)8-3-4-15(19)17-2/h5-7,9-10,16H,3-4,8,11H2,1-2H3,(H,17,19). The summed E-state index contributed by atoms with van der Waals surface area (Å²) in [4.78, 5) is 11.2. The monoisotopic (exact) mass is 259 g/mol. The quantitative estimate of drug-likeness (QED) is 0.832. The number of aromatic nitrogens is 1. The van der Waals surface area contributed by atoms with Crippen LogP contribution in [0.5, 0.6) is 0 Å². The predicted molar refractivity (Wildman–Crippen MR) is 78.0 cm³/mol. The van der Waals surface area contributed by atoms with Crippen molar-refractivity contribution in [2.45, 2.75) is 25.9 Å². The fourth-order valence-electron chi connectivity index (χ4n) is 2.29. The second-order valence-electron chi connectivity index (χ2n) is 4.71. The molecule has 1 aromatic heterocycles. The van der Waals surface area contributed by atoms with Crippen molar-refractivity contribution in [3.63, 3.8) is 0 Å². The van der Waals surface area contributed by atoms with Gasteiger partial charge in [0.15, 0.2) is 0 Å². The van der Waals surface area contributed by atoms with Gasteiger partial charge in [-0.1, -0.05) is 6.07 Å². The second kappa shape index (κ2) is 6.38. The third-order valence-corrected chi connectivity index (χ3v) is 3.30. The largest absolute Gasteiger partial charge is 0.359 e. The number of aryl methyl sites for hydroxylation is 1. The molecule has 0 unspecified atom stereocenters. The van der Waals surface area contributed by atoms with Crippen LogP contribution in [0.25, 0.3) is 10.9 Å². The Bertz CT molecular complexity index is 560. The summed E-state index contributed by atoms with van der Waals surface area (Å²) < 4.78 is 2.21. The lowest BCUT2D eigenvalue weighted by atomic mass is 10.1. The molecule has 0 saturated heterocycles. The van der Waals surface area contributed by atoms with Crippen LogP contribution in [0.3, 0.4) is 0 Å². The smallest absolute Gasteiger partial charge is 0.219 e. The molecule has 2 rings (SSSR count). The molecule has 1 amide bonds. The SMILES string of the molecule is CNCc1ccc2c(ccn2CCCC(=O)NC)c1. The van der Waals surface area contributed by atoms with Gasteiger partial charge < -0.3 is 15.2 Å². The Morgan fingerprint density at radius 1 is 1.26 bits per heavy atom. The lowest BCUT2D eigenvalue weighted by Gasteiger charge is -2.06. The Hall–Kier alpha value is -1.81. The molecular weight excluding hydrogens is 238 g/mol. The summed E-state index contributed by atoms with van der Waals surface area (Å²) in [5, 5.41) is 7.06. The maximum absolute atomic E-state index is 11.2. The van der Waals surface area contributed by atoms with Gasteiger partial charge in [-0.2, -0.15) is 0 Å². The maximum atomic E-state index is 11.2. The van der Waals surface area contributed by atoms with Crippen molar-refractivity contribution in [2.75, 3.05) is 14.1 Å². The van der Waals surface area contributed by atoms with Crippen molar-refractivity contribution < 1.29 is 4.79 Å². The van der Waals surface area contributed by atoms with Gasteiger partial charge in [0, 0.05) is 38.3 Å². The molecule has 1 heterocycles. The highest BCUT2D eigenvalue weighted by Gasteiger charge is 2.03. The summed E-state index contributed by atoms with van der Waals surface area (Å²) in [5.74, 6) is 0.104. The zero-order valence-corrected chi connectivity index (χ0v) is 11.6. The molecule has 0 aliphatic carbocycles. The Morgan fingerprint density at radius 3 is 2.84 bits per heavy atom. The van der Waals surface area contributed by atoms with Gasteiger partial charge in [0.25, 0.3) is 0 Å². The van der Waals surface area contributed by atoms with E-state index in [0.29, 0.717) is 6.42 Å². The van der Waals surface area contributed by atoms with Crippen LogP contribution < -0.4 is 10.6 Å². The van der Waals surface area contributed by atoms with Crippen LogP contribution >= 0.6 is 0 Å². The topological polar surface area (TPSA) is 46.1 Å². The van der Waals surface area contributed by atoms with Gasteiger partial charge in [-0.15, -0.1) is 0 Å². The molecule has 0 radical (unpaired) electrons. The number of amides is 1. The average Bonchev–Trinajstić information content (AvgIpc) is 2.81. The fraction of sp³-hybridized carbons (Fsp3) is 0.400. The minimum Gasteiger partial charge on any atom is -0.359 e. The highest BCUT2D eigenvalue weighted by atomic mass is 16.1. The van der Waals surface area contributed by atoms with Crippen LogP contribution in [0.2, 0.25) is 0 Å². The number of nitrogens with zero attached hydrogens (tertiary/aromatic N) is 1. The Morgan fingerprint density at radius 2 is 2.11 bits per heavy atom. The maximum Gasteiger partial charge on any atom is 0.219 e. The summed E-state index contributed by atoms with van der Waals surface area (Å²) in [5.41, 5.74) is 2.52. The van der Waals surface area contributed by atoms with Crippen LogP contribution in [-0.4, -0.2) is 24.6 Å². The van der Waals surface area contributed by atoms with E-state index in [4.69, 9.17) is 0 Å². The molecule has 0 fully saturated rings. The van der Waals surface area contributed by atoms with Crippen molar-refractivity contribution >= 4 is 16.8 Å². The fourth-order valence-corrected chi connectivity index (χ4v) is 2.29. The van der Waals surface area contributed by atoms with E-state index >= 15 is 0 Å². The highest BCUT2D eigenvalue weighted by molar-refractivity contribution is 5.81. The van der Waals surface area contributed by atoms with Gasteiger partial charge in [-0.05, 0) is 42.6 Å². The van der Waals surface area contributed by atoms with E-state index in [-0.39, 0.29) is 5.91 Å². The van der Waals surface area contributed by atoms with Crippen molar-refractivity contribution in [1.29, 1.82) is 0 Å². The number of carbonyl (C=O) groups is 1. The van der Waals surface area contributed by atoms with Crippen LogP contribution in [0.1, 0.15) is 18.4 Å². The summed E-state index contributed by atoms with van der Waals surface area (Å²) in [7, 11) is 3.63. The first-order valence-electron chi connectivity index (χ1n) is 6.67. The molecule has 4 heteroatoms. The first-order chi connectivity index (χ1) is 9.24. The summed E-state index contributed by atoms with van der Waals surface area (Å²) in [6.07, 6.45) is 3.54. The zero-order valence-electron chi connectivity index (χ0n) is 11.6. The van der Waals surface area contributed by atoms with E-state index in [0.717, 1.165) is 19.5 Å². The van der Waals surface area contributed by atoms with Crippen molar-refractivity contribution in [3.8, 4) is 0 Å². The van der Waals surface area contributed by atoms with Crippen molar-refractivity contribution in [2.24, 2.45) is 0 Å². The third-order valence-electron chi connectivity index (χ3n) is 3.30. The van der Waals surface area contributed by atoms with E-state index in [1.807, 2.05) is 7.05 Å². The molecule has 19 heavy (non-hydrogen) atoms. The number of benzene rings is 1. The van der Waals surface area contributed by atoms with Crippen molar-refractivity contribution in [1.82, 2.24) is 15.2 Å². The lowest BCUT2D eigenvalue weighted by Crippen LogP contribution is -2.17. The van der Waals surface area contributed by atoms with Gasteiger partial charge in [-0.25, -0.2) is 0 Å². The van der Waals surface area contributed by atoms with E-state index in [1.54, 1.807) is 7.05 Å². The Balaban J connectivity index is 2.06. The highest BCUT2D eigenvalue weighted by Crippen LogP contribution is 2.18. The van der Waals surface area contributed by atoms with Crippen LogP contribution in [-0.2, 0) is 17.9 Å². The Labute approximate surface area is 113 Å². The van der Waals surface area contributed by atoms with E-state index < -0.39 is 0 Å². The summed E-state index contributed by atoms with van der Waals surface area (Å²) in [6.45, 7) is 1.76. The number of nitrogens with one attached hydrogen (secondary N) is 2. The molecule has 0 saturated carbocycles. The first-order valence-corrected chi connectivity index (χ1v) is 6.67. The summed E-state index contributed by atoms with van der Waals surface area (Å²) in [6, 6.07) is 8.64. The molecule has 0 spiro atoms. The average molecular weight is 259 g/mol. The van der Waals surface area contributed by atoms with Gasteiger partial charge in [0.2, 0.25) is 5.91 Å². The van der Waals surface area contributed by atoms with E-state index in [2.05, 4.69) is 45.7 Å². The van der Waals surface area contributed by atoms with Crippen molar-refractivity contribution in [3.05, 3.63) is 36.0 Å². The molecule has 4 nitrogen and oxygen atoms in total. The van der Waals surface area contributed by atoms with Crippen LogP contribution in [0.15, 0.2) is 30.5 Å². The number of hydrogen-bond acceptors (Lipinski definition) is 2. The molecule has 102 valence electrons. The number of fused-ring (bicyclic) bond motifs is 1. The normalized spacial score (nSPS) is 10.8. The number of rotatable bonds is 6. The molecule has 2 N–H and O–H groups in total. The molecule has 1 aromatic carbocycles. The van der Waals surface area contributed by atoms with Gasteiger partial charge in [-0.3, -0.25) is 4.79 Å². The van der Waals surface area contributed by atoms with E-state index in [9.17, 15) is 4.79 Å². The third kappa shape index (κ3) is 3.35. The molecule has 2 aromatic rings. The molecule has 0 bridgehead atoms. The minimum absolute atomic E-state index is 0.104. The minimum atomic E-state index is 0.104. The van der Waals surface area contributed by atoms with E-state index in [1.165, 1.54) is 16.5 Å². The van der Waals surface area contributed by atoms with Gasteiger partial charge in [0.1, 0.15) is 0 Å². The van der Waals surface area contributed by atoms with Gasteiger partial charge in [0.05, 0.1) is 0 Å². The lowest BCUT2D eigenvalue weighted by molar-refractivity contribution is -0.120. The molecule has 0 aliphatic heterocycles. The molecule has 0 aliphatic rings. The zero-order chi connectivity index (χ0) is 13.7. The van der Waals surface area contributed by atoms with Crippen LogP contribution in [0, 0.1) is 0 Å². The Kier molecular flexibility index (Phi) is 4.58. The summed E-state index contributed by atoms with van der Waals surface area (Å²) >= 11 is 0. The predicted octanol–water partition coefficient (Wildman–Crippen LogP) is 1.89. The number of carbonyl (C=O) groups excluding carboxylic acids is 1. The second-order valence-corrected chi connectivity index (χ2v) is 4.71. The first kappa shape index (κ1) is 13.6. The number of hydrogen-bond donors (Lipinski definition) is 2. The van der Waals surface area contributed by atoms with Gasteiger partial charge >= 0.3 is 0 Å². The molecular formula is C15H21N3O. The van der Waals surface area contributed by atoms with Crippen LogP contribution in [0.4, 0.5) is 0 Å².